The van der Waals surface area contributed by atoms with Crippen LogP contribution in [0.1, 0.15) is 105 Å². The Labute approximate surface area is 497 Å². The van der Waals surface area contributed by atoms with Gasteiger partial charge in [-0.3, -0.25) is 28.8 Å². The average Bonchev–Trinajstić information content (AvgIpc) is 3.41. The fourth-order valence-corrected chi connectivity index (χ4v) is 13.1. The maximum atomic E-state index is 14.6. The molecule has 8 aromatic rings. The number of allylic oxidation sites excluding steroid dienone is 1. The monoisotopic (exact) mass is 1250 g/mol. The maximum Gasteiger partial charge on any atom is 0.355 e. The number of esters is 2. The molecule has 0 saturated carbocycles. The Kier molecular flexibility index (Phi) is 15.9. The second-order valence-electron chi connectivity index (χ2n) is 18.8. The fourth-order valence-electron chi connectivity index (χ4n) is 8.96. The molecule has 0 radical (unpaired) electrons. The first kappa shape index (κ1) is 57.6. The Morgan fingerprint density at radius 1 is 0.812 bits per heavy atom. The zero-order chi connectivity index (χ0) is 60.1. The molecule has 10 heterocycles. The lowest BCUT2D eigenvalue weighted by molar-refractivity contribution is -0.166. The first-order chi connectivity index (χ1) is 40.7. The summed E-state index contributed by atoms with van der Waals surface area (Å²) in [5, 5.41) is 55.1. The first-order valence-corrected chi connectivity index (χ1v) is 29.4. The molecule has 1 aromatic carbocycles. The van der Waals surface area contributed by atoms with E-state index < -0.39 is 108 Å². The third kappa shape index (κ3) is 11.4. The number of carbonyl (C=O) groups excluding carboxylic acids is 8. The predicted octanol–water partition coefficient (Wildman–Crippen LogP) is 3.34. The van der Waals surface area contributed by atoms with Gasteiger partial charge in [0, 0.05) is 48.9 Å². The molecular weight excluding hydrogens is 1210 g/mol. The number of benzene rings is 1. The van der Waals surface area contributed by atoms with Crippen molar-refractivity contribution in [3.63, 3.8) is 0 Å². The van der Waals surface area contributed by atoms with Gasteiger partial charge in [0.25, 0.3) is 29.5 Å². The number of carbonyl (C=O) groups is 8. The van der Waals surface area contributed by atoms with Crippen LogP contribution < -0.4 is 32.3 Å². The van der Waals surface area contributed by atoms with Gasteiger partial charge in [0.1, 0.15) is 125 Å². The fraction of sp³-hybridized carbons (Fsp3) is 0.231. The highest BCUT2D eigenvalue weighted by Crippen LogP contribution is 2.42. The molecule has 12 bridgehead atoms. The van der Waals surface area contributed by atoms with Gasteiger partial charge in [0.2, 0.25) is 5.91 Å². The van der Waals surface area contributed by atoms with E-state index >= 15 is 0 Å². The molecule has 6 amide bonds. The standard InChI is InChI=1S/C52H43N13O15S5/c1-17(40(53)69)54-41(70)26-14-84-49(60-26)36-30(67)8-21-34(62-36)25-12-82-47(57-25)24-11-80-51(75)35-22-10-78-39(38(68)52(76)79-9-20-6-5-7-23(55-35)31(20)22)37(50-61-27(15-85-50)42(71)56-24)65-44(73)29-16-83-48(59-29)33(19(3)77-4)64-45(74)32(18(2)66)63-43(72)28-13-81-46(21)58-28/h5-8,12-16,18,24,32,37-39,55,66-68H,1,9-11H2,2-4H3,(H2,53,69)(H,54,70)(H,56,71)(H,63,72)(H,64,74)(H,65,73)/b33-19+/t18-,24+,32+,37+,38+,39?/m1/s1. The van der Waals surface area contributed by atoms with Gasteiger partial charge in [0.15, 0.2) is 6.10 Å². The van der Waals surface area contributed by atoms with E-state index in [-0.39, 0.29) is 99.8 Å². The van der Waals surface area contributed by atoms with Gasteiger partial charge < -0.3 is 71.6 Å². The molecule has 11 rings (SSSR count). The molecule has 0 fully saturated rings. The number of rotatable bonds is 6. The number of hydrogen-bond acceptors (Lipinski definition) is 26. The number of nitrogens with one attached hydrogen (secondary N) is 6. The summed E-state index contributed by atoms with van der Waals surface area (Å²) in [4.78, 5) is 141. The zero-order valence-electron chi connectivity index (χ0n) is 44.0. The summed E-state index contributed by atoms with van der Waals surface area (Å²) < 4.78 is 23.6. The highest BCUT2D eigenvalue weighted by atomic mass is 32.1. The van der Waals surface area contributed by atoms with Gasteiger partial charge >= 0.3 is 11.9 Å². The van der Waals surface area contributed by atoms with E-state index in [1.54, 1.807) is 23.6 Å². The average molecular weight is 1250 g/mol. The Hall–Kier alpha value is -9.22. The number of aromatic hydroxyl groups is 1. The molecule has 11 N–H and O–H groups in total. The van der Waals surface area contributed by atoms with Crippen molar-refractivity contribution in [2.24, 2.45) is 5.73 Å². The van der Waals surface area contributed by atoms with E-state index in [1.165, 1.54) is 48.5 Å². The van der Waals surface area contributed by atoms with E-state index in [1.807, 2.05) is 0 Å². The molecule has 28 nitrogen and oxygen atoms in total. The number of ether oxygens (including phenoxy) is 4. The molecule has 3 aliphatic heterocycles. The van der Waals surface area contributed by atoms with Crippen molar-refractivity contribution in [1.82, 2.24) is 61.5 Å². The van der Waals surface area contributed by atoms with Gasteiger partial charge in [-0.15, -0.1) is 56.7 Å². The van der Waals surface area contributed by atoms with E-state index in [0.29, 0.717) is 16.5 Å². The number of fused-ring (bicyclic) bond motifs is 15. The molecule has 1 unspecified atom stereocenters. The van der Waals surface area contributed by atoms with Gasteiger partial charge in [-0.2, -0.15) is 0 Å². The normalized spacial score (nSPS) is 20.3. The summed E-state index contributed by atoms with van der Waals surface area (Å²) in [6.07, 6.45) is -5.41. The minimum absolute atomic E-state index is 0.00791. The van der Waals surface area contributed by atoms with Crippen LogP contribution in [0.5, 0.6) is 5.75 Å². The molecule has 6 atom stereocenters. The summed E-state index contributed by atoms with van der Waals surface area (Å²) >= 11 is 4.56. The van der Waals surface area contributed by atoms with Crippen LogP contribution in [0.4, 0.5) is 0 Å². The number of aliphatic hydroxyl groups is 2. The summed E-state index contributed by atoms with van der Waals surface area (Å²) in [6.45, 7) is 4.76. The van der Waals surface area contributed by atoms with Gasteiger partial charge in [-0.1, -0.05) is 18.7 Å². The van der Waals surface area contributed by atoms with E-state index in [0.717, 1.165) is 56.7 Å². The van der Waals surface area contributed by atoms with Crippen LogP contribution in [0.2, 0.25) is 0 Å². The lowest BCUT2D eigenvalue weighted by Gasteiger charge is -2.30. The third-order valence-electron chi connectivity index (χ3n) is 13.3. The van der Waals surface area contributed by atoms with Crippen LogP contribution in [-0.4, -0.2) is 136 Å². The number of cyclic esters (lactones) is 2. The highest BCUT2D eigenvalue weighted by molar-refractivity contribution is 7.14. The molecule has 0 saturated heterocycles. The first-order valence-electron chi connectivity index (χ1n) is 25.0. The zero-order valence-corrected chi connectivity index (χ0v) is 48.1. The number of nitrogens with two attached hydrogens (primary N) is 1. The van der Waals surface area contributed by atoms with E-state index in [2.05, 4.69) is 58.1 Å². The minimum atomic E-state index is -2.14. The minimum Gasteiger partial charge on any atom is -0.506 e. The van der Waals surface area contributed by atoms with Gasteiger partial charge in [-0.05, 0) is 31.5 Å². The number of hydrogen-bond donors (Lipinski definition) is 10. The second-order valence-corrected chi connectivity index (χ2v) is 23.2. The second kappa shape index (κ2) is 23.4. The number of primary amides is 1. The summed E-state index contributed by atoms with van der Waals surface area (Å²) in [6, 6.07) is 1.77. The van der Waals surface area contributed by atoms with Crippen LogP contribution in [0.3, 0.4) is 0 Å². The number of aliphatic hydroxyl groups excluding tert-OH is 2. The van der Waals surface area contributed by atoms with Crippen molar-refractivity contribution in [3.8, 4) is 38.4 Å². The van der Waals surface area contributed by atoms with Crippen molar-refractivity contribution < 1.29 is 72.6 Å². The number of pyridine rings is 1. The maximum absolute atomic E-state index is 14.6. The van der Waals surface area contributed by atoms with Crippen LogP contribution in [0.25, 0.3) is 49.3 Å². The number of H-pyrrole nitrogens is 1. The Morgan fingerprint density at radius 2 is 1.48 bits per heavy atom. The van der Waals surface area contributed by atoms with Gasteiger partial charge in [-0.25, -0.2) is 39.5 Å². The Bertz CT molecular complexity index is 4140. The summed E-state index contributed by atoms with van der Waals surface area (Å²) in [5.41, 5.74) is 4.83. The van der Waals surface area contributed by atoms with Crippen molar-refractivity contribution in [2.75, 3.05) is 13.7 Å². The molecule has 0 spiro atoms. The lowest BCUT2D eigenvalue weighted by atomic mass is 10.0. The molecule has 0 aliphatic carbocycles. The smallest absolute Gasteiger partial charge is 0.355 e. The predicted molar refractivity (Wildman–Crippen MR) is 303 cm³/mol. The SMILES string of the molecule is C=C(NC(=O)c1csc(-c2nc3c(cc2O)-c2nc(cs2)C(=O)N[C@@H]([C@@H](C)O)C(=O)N/C(=C(\C)OC)c2nc(cs2)C(=O)N[C@@H]2c4nc(cs4)C(=O)N[C@@H](COC(=O)c4[nH]c5cccc6c5c4COC2[C@H](O)C(=O)OC6)c2nc-3cs2)n1)C(N)=O. The van der Waals surface area contributed by atoms with Crippen LogP contribution in [0, 0.1) is 0 Å². The number of methoxy groups -OCH3 is 1. The van der Waals surface area contributed by atoms with E-state index in [9.17, 15) is 53.7 Å². The molecular formula is C52H43N13O15S5. The Morgan fingerprint density at radius 3 is 2.24 bits per heavy atom. The van der Waals surface area contributed by atoms with Crippen molar-refractivity contribution in [1.29, 1.82) is 0 Å². The number of aromatic amines is 1. The van der Waals surface area contributed by atoms with Gasteiger partial charge in [0.05, 0.1) is 25.5 Å². The Balaban J connectivity index is 1.08. The number of thiazole rings is 5. The summed E-state index contributed by atoms with van der Waals surface area (Å²) in [5.74, 6) is -7.94. The summed E-state index contributed by atoms with van der Waals surface area (Å²) in [7, 11) is 1.31. The van der Waals surface area contributed by atoms with Crippen molar-refractivity contribution in [3.05, 3.63) is 124 Å². The molecule has 85 heavy (non-hydrogen) atoms. The number of nitrogens with zero attached hydrogens (tertiary/aromatic N) is 6. The number of aromatic nitrogens is 7. The molecule has 33 heteroatoms. The highest BCUT2D eigenvalue weighted by Gasteiger charge is 2.42. The van der Waals surface area contributed by atoms with Crippen molar-refractivity contribution >= 4 is 121 Å². The lowest BCUT2D eigenvalue weighted by Crippen LogP contribution is -2.52. The largest absolute Gasteiger partial charge is 0.506 e. The van der Waals surface area contributed by atoms with Crippen LogP contribution in [0.15, 0.2) is 69.2 Å². The van der Waals surface area contributed by atoms with Crippen LogP contribution in [-0.2, 0) is 46.5 Å². The molecule has 436 valence electrons. The van der Waals surface area contributed by atoms with Crippen LogP contribution >= 0.6 is 56.7 Å². The third-order valence-corrected chi connectivity index (χ3v) is 17.8. The topological polar surface area (TPSA) is 413 Å². The molecule has 7 aromatic heterocycles. The quantitative estimate of drug-likeness (QED) is 0.0648. The number of amides is 6. The molecule has 3 aliphatic rings. The van der Waals surface area contributed by atoms with Crippen molar-refractivity contribution in [2.45, 2.75) is 63.5 Å². The van der Waals surface area contributed by atoms with E-state index in [4.69, 9.17) is 34.6 Å².